The maximum Gasteiger partial charge on any atom is 0.332 e. The highest BCUT2D eigenvalue weighted by molar-refractivity contribution is 7.09. The second-order valence-corrected chi connectivity index (χ2v) is 5.22. The average molecular weight is 283 g/mol. The van der Waals surface area contributed by atoms with Crippen LogP contribution in [0.2, 0.25) is 5.02 Å². The van der Waals surface area contributed by atoms with Crippen LogP contribution in [0.1, 0.15) is 16.7 Å². The third-order valence-electron chi connectivity index (χ3n) is 2.32. The molecular formula is C12H11ClN2O2S. The van der Waals surface area contributed by atoms with Crippen molar-refractivity contribution in [2.75, 3.05) is 5.32 Å². The first kappa shape index (κ1) is 12.9. The number of aliphatic carboxylic acids is 1. The molecule has 0 aliphatic heterocycles. The Bertz CT molecular complexity index is 571. The second kappa shape index (κ2) is 5.37. The highest BCUT2D eigenvalue weighted by atomic mass is 35.5. The first-order chi connectivity index (χ1) is 8.56. The molecule has 0 fully saturated rings. The Labute approximate surface area is 113 Å². The maximum atomic E-state index is 11.3. The lowest BCUT2D eigenvalue weighted by molar-refractivity contribution is -0.138. The largest absolute Gasteiger partial charge is 0.479 e. The Morgan fingerprint density at radius 2 is 2.33 bits per heavy atom. The van der Waals surface area contributed by atoms with Crippen molar-refractivity contribution in [3.8, 4) is 0 Å². The van der Waals surface area contributed by atoms with Gasteiger partial charge in [0.25, 0.3) is 0 Å². The smallest absolute Gasteiger partial charge is 0.332 e. The number of hydrogen-bond acceptors (Lipinski definition) is 4. The van der Waals surface area contributed by atoms with Gasteiger partial charge in [0.15, 0.2) is 6.04 Å². The molecule has 4 nitrogen and oxygen atoms in total. The molecule has 1 aromatic heterocycles. The maximum absolute atomic E-state index is 11.3. The van der Waals surface area contributed by atoms with E-state index in [-0.39, 0.29) is 0 Å². The van der Waals surface area contributed by atoms with E-state index < -0.39 is 12.0 Å². The zero-order valence-corrected chi connectivity index (χ0v) is 11.1. The van der Waals surface area contributed by atoms with Gasteiger partial charge >= 0.3 is 5.97 Å². The van der Waals surface area contributed by atoms with Crippen LogP contribution in [0.15, 0.2) is 29.6 Å². The van der Waals surface area contributed by atoms with Crippen LogP contribution in [0.5, 0.6) is 0 Å². The van der Waals surface area contributed by atoms with Crippen molar-refractivity contribution in [3.63, 3.8) is 0 Å². The number of nitrogens with one attached hydrogen (secondary N) is 1. The lowest BCUT2D eigenvalue weighted by atomic mass is 10.2. The molecule has 18 heavy (non-hydrogen) atoms. The minimum atomic E-state index is -0.972. The van der Waals surface area contributed by atoms with E-state index in [1.54, 1.807) is 29.6 Å². The molecule has 1 atom stereocenters. The van der Waals surface area contributed by atoms with E-state index in [0.717, 1.165) is 5.01 Å². The Hall–Kier alpha value is -1.59. The molecule has 1 aromatic carbocycles. The number of thiazole rings is 1. The molecular weight excluding hydrogens is 272 g/mol. The Morgan fingerprint density at radius 1 is 1.56 bits per heavy atom. The van der Waals surface area contributed by atoms with Crippen LogP contribution in [-0.4, -0.2) is 16.1 Å². The van der Waals surface area contributed by atoms with Crippen LogP contribution in [0, 0.1) is 6.92 Å². The van der Waals surface area contributed by atoms with Gasteiger partial charge in [-0.3, -0.25) is 0 Å². The number of carboxylic acids is 1. The van der Waals surface area contributed by atoms with E-state index in [1.165, 1.54) is 11.3 Å². The number of benzene rings is 1. The molecule has 2 N–H and O–H groups in total. The molecule has 0 saturated heterocycles. The van der Waals surface area contributed by atoms with Gasteiger partial charge in [-0.15, -0.1) is 11.3 Å². The first-order valence-corrected chi connectivity index (χ1v) is 6.49. The van der Waals surface area contributed by atoms with Crippen LogP contribution in [0.25, 0.3) is 0 Å². The quantitative estimate of drug-likeness (QED) is 0.903. The fourth-order valence-corrected chi connectivity index (χ4v) is 2.35. The summed E-state index contributed by atoms with van der Waals surface area (Å²) in [5, 5.41) is 15.3. The van der Waals surface area contributed by atoms with Crippen molar-refractivity contribution in [1.29, 1.82) is 0 Å². The fraction of sp³-hybridized carbons (Fsp3) is 0.167. The summed E-state index contributed by atoms with van der Waals surface area (Å²) >= 11 is 7.28. The minimum absolute atomic E-state index is 0.505. The van der Waals surface area contributed by atoms with Crippen LogP contribution < -0.4 is 5.32 Å². The number of aromatic nitrogens is 1. The Balaban J connectivity index is 2.24. The normalized spacial score (nSPS) is 12.1. The monoisotopic (exact) mass is 282 g/mol. The molecule has 94 valence electrons. The van der Waals surface area contributed by atoms with E-state index in [1.807, 2.05) is 6.92 Å². The zero-order chi connectivity index (χ0) is 13.1. The van der Waals surface area contributed by atoms with Crippen molar-refractivity contribution in [3.05, 3.63) is 45.4 Å². The Kier molecular flexibility index (Phi) is 3.84. The molecule has 0 spiro atoms. The van der Waals surface area contributed by atoms with Crippen molar-refractivity contribution in [2.45, 2.75) is 13.0 Å². The highest BCUT2D eigenvalue weighted by Crippen LogP contribution is 2.23. The third-order valence-corrected chi connectivity index (χ3v) is 3.34. The predicted molar refractivity (Wildman–Crippen MR) is 72.3 cm³/mol. The molecule has 0 radical (unpaired) electrons. The minimum Gasteiger partial charge on any atom is -0.479 e. The summed E-state index contributed by atoms with van der Waals surface area (Å²) in [6.07, 6.45) is 0. The Morgan fingerprint density at radius 3 is 2.89 bits per heavy atom. The summed E-state index contributed by atoms with van der Waals surface area (Å²) in [5.41, 5.74) is 1.16. The van der Waals surface area contributed by atoms with Gasteiger partial charge in [-0.2, -0.15) is 0 Å². The number of rotatable bonds is 4. The van der Waals surface area contributed by atoms with Gasteiger partial charge in [0, 0.05) is 16.1 Å². The van der Waals surface area contributed by atoms with E-state index in [0.29, 0.717) is 16.4 Å². The van der Waals surface area contributed by atoms with Crippen molar-refractivity contribution in [1.82, 2.24) is 4.98 Å². The van der Waals surface area contributed by atoms with Gasteiger partial charge in [0.05, 0.1) is 10.7 Å². The summed E-state index contributed by atoms with van der Waals surface area (Å²) in [5.74, 6) is -0.972. The highest BCUT2D eigenvalue weighted by Gasteiger charge is 2.22. The summed E-state index contributed by atoms with van der Waals surface area (Å²) in [6, 6.07) is 6.07. The standard InChI is InChI=1S/C12H11ClN2O2S/c1-7-14-10(6-18-7)11(12(16)17)15-9-4-2-3-8(13)5-9/h2-6,11,15H,1H3,(H,16,17). The number of carboxylic acid groups (broad SMARTS) is 1. The number of carbonyl (C=O) groups is 1. The van der Waals surface area contributed by atoms with E-state index >= 15 is 0 Å². The van der Waals surface area contributed by atoms with E-state index in [4.69, 9.17) is 11.6 Å². The molecule has 0 saturated carbocycles. The van der Waals surface area contributed by atoms with Crippen LogP contribution in [0.3, 0.4) is 0 Å². The molecule has 6 heteroatoms. The summed E-state index contributed by atoms with van der Waals surface area (Å²) in [4.78, 5) is 15.5. The second-order valence-electron chi connectivity index (χ2n) is 3.72. The molecule has 1 heterocycles. The number of anilines is 1. The van der Waals surface area contributed by atoms with Gasteiger partial charge in [-0.05, 0) is 25.1 Å². The number of halogens is 1. The molecule has 0 bridgehead atoms. The fourth-order valence-electron chi connectivity index (χ4n) is 1.52. The predicted octanol–water partition coefficient (Wildman–Crippen LogP) is 3.34. The summed E-state index contributed by atoms with van der Waals surface area (Å²) < 4.78 is 0. The van der Waals surface area contributed by atoms with Gasteiger partial charge in [-0.1, -0.05) is 17.7 Å². The summed E-state index contributed by atoms with van der Waals surface area (Å²) in [7, 11) is 0. The molecule has 0 amide bonds. The SMILES string of the molecule is Cc1nc(C(Nc2cccc(Cl)c2)C(=O)O)cs1. The molecule has 0 aliphatic carbocycles. The van der Waals surface area contributed by atoms with E-state index in [9.17, 15) is 9.90 Å². The lowest BCUT2D eigenvalue weighted by Crippen LogP contribution is -2.20. The van der Waals surface area contributed by atoms with E-state index in [2.05, 4.69) is 10.3 Å². The van der Waals surface area contributed by atoms with Crippen LogP contribution in [0.4, 0.5) is 5.69 Å². The number of aryl methyl sites for hydroxylation is 1. The van der Waals surface area contributed by atoms with Crippen molar-refractivity contribution < 1.29 is 9.90 Å². The molecule has 2 aromatic rings. The number of nitrogens with zero attached hydrogens (tertiary/aromatic N) is 1. The lowest BCUT2D eigenvalue weighted by Gasteiger charge is -2.13. The van der Waals surface area contributed by atoms with Crippen molar-refractivity contribution in [2.24, 2.45) is 0 Å². The van der Waals surface area contributed by atoms with Gasteiger partial charge in [-0.25, -0.2) is 9.78 Å². The zero-order valence-electron chi connectivity index (χ0n) is 9.55. The first-order valence-electron chi connectivity index (χ1n) is 5.23. The van der Waals surface area contributed by atoms with Crippen LogP contribution >= 0.6 is 22.9 Å². The molecule has 0 aliphatic rings. The van der Waals surface area contributed by atoms with Crippen molar-refractivity contribution >= 4 is 34.6 Å². The van der Waals surface area contributed by atoms with Gasteiger partial charge < -0.3 is 10.4 Å². The third kappa shape index (κ3) is 3.00. The average Bonchev–Trinajstić information content (AvgIpc) is 2.72. The summed E-state index contributed by atoms with van der Waals surface area (Å²) in [6.45, 7) is 1.84. The molecule has 1 unspecified atom stereocenters. The van der Waals surface area contributed by atoms with Gasteiger partial charge in [0.2, 0.25) is 0 Å². The molecule has 2 rings (SSSR count). The van der Waals surface area contributed by atoms with Gasteiger partial charge in [0.1, 0.15) is 0 Å². The van der Waals surface area contributed by atoms with Crippen LogP contribution in [-0.2, 0) is 4.79 Å². The number of hydrogen-bond donors (Lipinski definition) is 2. The topological polar surface area (TPSA) is 62.2 Å².